The highest BCUT2D eigenvalue weighted by molar-refractivity contribution is 5.34. The molecule has 2 N–H and O–H groups in total. The van der Waals surface area contributed by atoms with Crippen LogP contribution in [0.5, 0.6) is 0 Å². The molecule has 0 aliphatic carbocycles. The Morgan fingerprint density at radius 3 is 2.93 bits per heavy atom. The summed E-state index contributed by atoms with van der Waals surface area (Å²) >= 11 is 0. The summed E-state index contributed by atoms with van der Waals surface area (Å²) in [6, 6.07) is 1.84. The highest BCUT2D eigenvalue weighted by atomic mass is 15.3. The second-order valence-electron chi connectivity index (χ2n) is 2.89. The van der Waals surface area contributed by atoms with Gasteiger partial charge >= 0.3 is 0 Å². The van der Waals surface area contributed by atoms with Crippen molar-refractivity contribution in [3.63, 3.8) is 0 Å². The summed E-state index contributed by atoms with van der Waals surface area (Å²) in [7, 11) is 0. The predicted molar refractivity (Wildman–Crippen MR) is 52.9 cm³/mol. The zero-order valence-electron chi connectivity index (χ0n) is 7.88. The summed E-state index contributed by atoms with van der Waals surface area (Å²) in [5.74, 6) is 1.20. The van der Waals surface area contributed by atoms with E-state index in [4.69, 9.17) is 5.73 Å². The third-order valence-corrected chi connectivity index (χ3v) is 1.93. The summed E-state index contributed by atoms with van der Waals surface area (Å²) in [5.41, 5.74) is 6.64. The maximum Gasteiger partial charge on any atom is 0.172 e. The Balaban J connectivity index is 2.51. The van der Waals surface area contributed by atoms with Gasteiger partial charge in [0.2, 0.25) is 0 Å². The molecule has 0 spiro atoms. The highest BCUT2D eigenvalue weighted by Crippen LogP contribution is 2.11. The minimum atomic E-state index is 0.507. The van der Waals surface area contributed by atoms with E-state index in [2.05, 4.69) is 15.1 Å². The molecule has 2 heterocycles. The van der Waals surface area contributed by atoms with Gasteiger partial charge in [-0.1, -0.05) is 6.92 Å². The van der Waals surface area contributed by atoms with E-state index in [1.807, 2.05) is 13.0 Å². The van der Waals surface area contributed by atoms with Crippen molar-refractivity contribution in [1.29, 1.82) is 0 Å². The second kappa shape index (κ2) is 3.45. The van der Waals surface area contributed by atoms with Gasteiger partial charge in [-0.25, -0.2) is 9.67 Å². The van der Waals surface area contributed by atoms with E-state index >= 15 is 0 Å². The lowest BCUT2D eigenvalue weighted by Gasteiger charge is -2.02. The molecule has 2 aromatic rings. The van der Waals surface area contributed by atoms with Crippen LogP contribution in [0.3, 0.4) is 0 Å². The van der Waals surface area contributed by atoms with E-state index in [0.29, 0.717) is 11.6 Å². The summed E-state index contributed by atoms with van der Waals surface area (Å²) in [5, 5.41) is 4.14. The Morgan fingerprint density at radius 2 is 2.29 bits per heavy atom. The van der Waals surface area contributed by atoms with Gasteiger partial charge in [0.05, 0.1) is 6.20 Å². The maximum absolute atomic E-state index is 5.61. The van der Waals surface area contributed by atoms with Crippen LogP contribution in [0, 0.1) is 0 Å². The topological polar surface area (TPSA) is 69.6 Å². The summed E-state index contributed by atoms with van der Waals surface area (Å²) in [6.45, 7) is 2.04. The van der Waals surface area contributed by atoms with Crippen LogP contribution in [0.2, 0.25) is 0 Å². The predicted octanol–water partition coefficient (Wildman–Crippen LogP) is 0.807. The van der Waals surface area contributed by atoms with Crippen molar-refractivity contribution in [3.8, 4) is 5.82 Å². The minimum absolute atomic E-state index is 0.507. The Labute approximate surface area is 81.6 Å². The van der Waals surface area contributed by atoms with Gasteiger partial charge in [0.1, 0.15) is 5.82 Å². The molecular weight excluding hydrogens is 178 g/mol. The Bertz CT molecular complexity index is 420. The first-order valence-electron chi connectivity index (χ1n) is 4.42. The van der Waals surface area contributed by atoms with Gasteiger partial charge in [-0.2, -0.15) is 0 Å². The number of hydrogen-bond acceptors (Lipinski definition) is 4. The standard InChI is InChI=1S/C9H11N5/c1-2-7-5-8(10)13-14(7)9-6-11-3-4-12-9/h3-6H,2H2,1H3,(H2,10,13). The van der Waals surface area contributed by atoms with Crippen LogP contribution in [0.1, 0.15) is 12.6 Å². The largest absolute Gasteiger partial charge is 0.382 e. The fourth-order valence-corrected chi connectivity index (χ4v) is 1.29. The summed E-state index contributed by atoms with van der Waals surface area (Å²) < 4.78 is 1.71. The van der Waals surface area contributed by atoms with Crippen molar-refractivity contribution in [2.24, 2.45) is 0 Å². The first-order valence-corrected chi connectivity index (χ1v) is 4.42. The van der Waals surface area contributed by atoms with E-state index < -0.39 is 0 Å². The zero-order chi connectivity index (χ0) is 9.97. The van der Waals surface area contributed by atoms with Gasteiger partial charge < -0.3 is 5.73 Å². The first kappa shape index (κ1) is 8.68. The van der Waals surface area contributed by atoms with Crippen LogP contribution in [0.4, 0.5) is 5.82 Å². The normalized spacial score (nSPS) is 10.4. The molecule has 0 saturated heterocycles. The lowest BCUT2D eigenvalue weighted by Crippen LogP contribution is -2.04. The molecule has 0 unspecified atom stereocenters. The molecule has 0 aliphatic rings. The Morgan fingerprint density at radius 1 is 1.43 bits per heavy atom. The number of nitrogen functional groups attached to an aromatic ring is 1. The molecule has 0 amide bonds. The van der Waals surface area contributed by atoms with Gasteiger partial charge in [-0.15, -0.1) is 5.10 Å². The molecule has 0 radical (unpaired) electrons. The molecule has 0 bridgehead atoms. The number of nitrogens with two attached hydrogens (primary N) is 1. The SMILES string of the molecule is CCc1cc(N)nn1-c1cnccn1. The van der Waals surface area contributed by atoms with Gasteiger partial charge in [-0.3, -0.25) is 4.98 Å². The third kappa shape index (κ3) is 1.44. The van der Waals surface area contributed by atoms with Crippen molar-refractivity contribution in [2.75, 3.05) is 5.73 Å². The van der Waals surface area contributed by atoms with Crippen molar-refractivity contribution in [3.05, 3.63) is 30.4 Å². The fraction of sp³-hybridized carbons (Fsp3) is 0.222. The van der Waals surface area contributed by atoms with E-state index in [9.17, 15) is 0 Å². The van der Waals surface area contributed by atoms with E-state index in [-0.39, 0.29) is 0 Å². The highest BCUT2D eigenvalue weighted by Gasteiger charge is 2.06. The molecule has 14 heavy (non-hydrogen) atoms. The number of aryl methyl sites for hydroxylation is 1. The number of hydrogen-bond donors (Lipinski definition) is 1. The van der Waals surface area contributed by atoms with Gasteiger partial charge in [0.25, 0.3) is 0 Å². The molecular formula is C9H11N5. The average molecular weight is 189 g/mol. The molecule has 0 aromatic carbocycles. The van der Waals surface area contributed by atoms with Gasteiger partial charge in [-0.05, 0) is 6.42 Å². The molecule has 2 aromatic heterocycles. The van der Waals surface area contributed by atoms with Gasteiger partial charge in [0, 0.05) is 24.2 Å². The smallest absolute Gasteiger partial charge is 0.172 e. The van der Waals surface area contributed by atoms with Crippen LogP contribution in [0.25, 0.3) is 5.82 Å². The molecule has 0 aliphatic heterocycles. The number of anilines is 1. The number of aromatic nitrogens is 4. The first-order chi connectivity index (χ1) is 6.81. The third-order valence-electron chi connectivity index (χ3n) is 1.93. The second-order valence-corrected chi connectivity index (χ2v) is 2.89. The van der Waals surface area contributed by atoms with Crippen molar-refractivity contribution in [1.82, 2.24) is 19.7 Å². The maximum atomic E-state index is 5.61. The van der Waals surface area contributed by atoms with Crippen molar-refractivity contribution >= 4 is 5.82 Å². The fourth-order valence-electron chi connectivity index (χ4n) is 1.29. The van der Waals surface area contributed by atoms with Gasteiger partial charge in [0.15, 0.2) is 5.82 Å². The quantitative estimate of drug-likeness (QED) is 0.758. The van der Waals surface area contributed by atoms with Crippen LogP contribution >= 0.6 is 0 Å². The molecule has 0 saturated carbocycles. The lowest BCUT2D eigenvalue weighted by atomic mass is 10.3. The average Bonchev–Trinajstić information content (AvgIpc) is 2.61. The van der Waals surface area contributed by atoms with Crippen molar-refractivity contribution < 1.29 is 0 Å². The lowest BCUT2D eigenvalue weighted by molar-refractivity contribution is 0.786. The minimum Gasteiger partial charge on any atom is -0.382 e. The Hall–Kier alpha value is -1.91. The summed E-state index contributed by atoms with van der Waals surface area (Å²) in [4.78, 5) is 8.13. The van der Waals surface area contributed by atoms with Crippen molar-refractivity contribution in [2.45, 2.75) is 13.3 Å². The van der Waals surface area contributed by atoms with Crippen LogP contribution < -0.4 is 5.73 Å². The molecule has 5 nitrogen and oxygen atoms in total. The number of nitrogens with zero attached hydrogens (tertiary/aromatic N) is 4. The molecule has 72 valence electrons. The van der Waals surface area contributed by atoms with Crippen LogP contribution in [-0.2, 0) is 6.42 Å². The molecule has 0 fully saturated rings. The monoisotopic (exact) mass is 189 g/mol. The van der Waals surface area contributed by atoms with E-state index in [1.54, 1.807) is 23.3 Å². The van der Waals surface area contributed by atoms with E-state index in [1.165, 1.54) is 0 Å². The summed E-state index contributed by atoms with van der Waals surface area (Å²) in [6.07, 6.45) is 5.78. The zero-order valence-corrected chi connectivity index (χ0v) is 7.88. The van der Waals surface area contributed by atoms with Crippen LogP contribution in [0.15, 0.2) is 24.7 Å². The molecule has 0 atom stereocenters. The van der Waals surface area contributed by atoms with Crippen LogP contribution in [-0.4, -0.2) is 19.7 Å². The molecule has 2 rings (SSSR count). The Kier molecular flexibility index (Phi) is 2.14. The number of rotatable bonds is 2. The molecule has 5 heteroatoms. The van der Waals surface area contributed by atoms with E-state index in [0.717, 1.165) is 12.1 Å².